The minimum Gasteiger partial charge on any atom is -0.465 e. The van der Waals surface area contributed by atoms with Crippen LogP contribution in [0.1, 0.15) is 10.4 Å². The van der Waals surface area contributed by atoms with E-state index < -0.39 is 22.0 Å². The van der Waals surface area contributed by atoms with Crippen molar-refractivity contribution in [2.45, 2.75) is 0 Å². The Morgan fingerprint density at radius 1 is 0.917 bits per heavy atom. The lowest BCUT2D eigenvalue weighted by Crippen LogP contribution is -2.14. The van der Waals surface area contributed by atoms with Crippen molar-refractivity contribution in [3.63, 3.8) is 0 Å². The number of amides is 2. The Kier molecular flexibility index (Phi) is 5.05. The van der Waals surface area contributed by atoms with Crippen molar-refractivity contribution in [2.24, 2.45) is 0 Å². The summed E-state index contributed by atoms with van der Waals surface area (Å²) < 4.78 is 24.7. The maximum Gasteiger partial charge on any atom is 0.409 e. The second-order valence-corrected chi connectivity index (χ2v) is 6.67. The maximum atomic E-state index is 12.2. The number of hydrogen-bond donors (Lipinski definition) is 4. The Hall–Kier alpha value is -3.07. The van der Waals surface area contributed by atoms with Gasteiger partial charge in [-0.05, 0) is 42.5 Å². The number of rotatable bonds is 5. The van der Waals surface area contributed by atoms with Crippen molar-refractivity contribution in [1.82, 2.24) is 0 Å². The molecule has 0 aliphatic heterocycles. The molecular formula is C15H15N3O5S. The molecule has 0 atom stereocenters. The average molecular weight is 349 g/mol. The average Bonchev–Trinajstić information content (AvgIpc) is 2.47. The van der Waals surface area contributed by atoms with Gasteiger partial charge in [0.1, 0.15) is 0 Å². The Morgan fingerprint density at radius 2 is 1.50 bits per heavy atom. The standard InChI is InChI=1S/C15H15N3O5S/c1-24(22,23)18-13-4-2-3-10(9-13)14(19)16-11-5-7-12(8-6-11)17-15(20)21/h2-9,17-18H,1H3,(H,16,19)(H,20,21). The van der Waals surface area contributed by atoms with E-state index in [-0.39, 0.29) is 11.3 Å². The van der Waals surface area contributed by atoms with E-state index in [4.69, 9.17) is 5.11 Å². The van der Waals surface area contributed by atoms with Gasteiger partial charge in [-0.3, -0.25) is 14.8 Å². The molecule has 8 nitrogen and oxygen atoms in total. The highest BCUT2D eigenvalue weighted by molar-refractivity contribution is 7.92. The smallest absolute Gasteiger partial charge is 0.409 e. The Labute approximate surface area is 138 Å². The highest BCUT2D eigenvalue weighted by Crippen LogP contribution is 2.16. The van der Waals surface area contributed by atoms with E-state index in [2.05, 4.69) is 15.4 Å². The zero-order chi connectivity index (χ0) is 17.7. The van der Waals surface area contributed by atoms with Gasteiger partial charge in [-0.15, -0.1) is 0 Å². The van der Waals surface area contributed by atoms with E-state index >= 15 is 0 Å². The summed E-state index contributed by atoms with van der Waals surface area (Å²) in [6.07, 6.45) is -0.158. The molecule has 0 radical (unpaired) electrons. The molecule has 4 N–H and O–H groups in total. The zero-order valence-corrected chi connectivity index (χ0v) is 13.4. The third-order valence-corrected chi connectivity index (χ3v) is 3.43. The van der Waals surface area contributed by atoms with Crippen LogP contribution in [0.4, 0.5) is 21.9 Å². The van der Waals surface area contributed by atoms with Gasteiger partial charge < -0.3 is 10.4 Å². The number of carbonyl (C=O) groups is 2. The summed E-state index contributed by atoms with van der Waals surface area (Å²) in [5.74, 6) is -0.425. The van der Waals surface area contributed by atoms with Gasteiger partial charge in [0.05, 0.1) is 6.26 Å². The molecule has 0 heterocycles. The largest absolute Gasteiger partial charge is 0.465 e. The zero-order valence-electron chi connectivity index (χ0n) is 12.6. The molecule has 2 aromatic carbocycles. The Morgan fingerprint density at radius 3 is 2.04 bits per heavy atom. The molecule has 126 valence electrons. The van der Waals surface area contributed by atoms with Crippen LogP contribution in [-0.2, 0) is 10.0 Å². The van der Waals surface area contributed by atoms with Gasteiger partial charge in [-0.25, -0.2) is 13.2 Å². The van der Waals surface area contributed by atoms with E-state index in [9.17, 15) is 18.0 Å². The van der Waals surface area contributed by atoms with E-state index in [1.807, 2.05) is 0 Å². The first-order chi connectivity index (χ1) is 11.2. The SMILES string of the molecule is CS(=O)(=O)Nc1cccc(C(=O)Nc2ccc(NC(=O)O)cc2)c1. The Bertz CT molecular complexity index is 863. The molecule has 0 spiro atoms. The van der Waals surface area contributed by atoms with Crippen molar-refractivity contribution in [2.75, 3.05) is 21.6 Å². The van der Waals surface area contributed by atoms with Crippen LogP contribution in [-0.4, -0.2) is 31.8 Å². The second-order valence-electron chi connectivity index (χ2n) is 4.92. The van der Waals surface area contributed by atoms with Gasteiger partial charge in [-0.2, -0.15) is 0 Å². The van der Waals surface area contributed by atoms with Crippen molar-refractivity contribution < 1.29 is 23.1 Å². The lowest BCUT2D eigenvalue weighted by molar-refractivity contribution is 0.102. The number of sulfonamides is 1. The van der Waals surface area contributed by atoms with Gasteiger partial charge >= 0.3 is 6.09 Å². The van der Waals surface area contributed by atoms with Gasteiger partial charge in [0.15, 0.2) is 0 Å². The minimum atomic E-state index is -3.43. The molecule has 2 amide bonds. The van der Waals surface area contributed by atoms with E-state index in [1.165, 1.54) is 24.3 Å². The van der Waals surface area contributed by atoms with Crippen molar-refractivity contribution in [3.8, 4) is 0 Å². The van der Waals surface area contributed by atoms with Crippen LogP contribution in [0.25, 0.3) is 0 Å². The van der Waals surface area contributed by atoms with Crippen LogP contribution in [0.5, 0.6) is 0 Å². The molecule has 9 heteroatoms. The first-order valence-corrected chi connectivity index (χ1v) is 8.61. The topological polar surface area (TPSA) is 125 Å². The van der Waals surface area contributed by atoms with Crippen LogP contribution in [0.2, 0.25) is 0 Å². The van der Waals surface area contributed by atoms with E-state index in [0.29, 0.717) is 11.4 Å². The quantitative estimate of drug-likeness (QED) is 0.660. The van der Waals surface area contributed by atoms with Gasteiger partial charge in [0.2, 0.25) is 10.0 Å². The number of carboxylic acid groups (broad SMARTS) is 1. The number of hydrogen-bond acceptors (Lipinski definition) is 4. The van der Waals surface area contributed by atoms with Gasteiger partial charge in [0.25, 0.3) is 5.91 Å². The van der Waals surface area contributed by atoms with E-state index in [0.717, 1.165) is 6.26 Å². The summed E-state index contributed by atoms with van der Waals surface area (Å²) in [4.78, 5) is 22.7. The predicted molar refractivity (Wildman–Crippen MR) is 91.0 cm³/mol. The molecular weight excluding hydrogens is 334 g/mol. The summed E-state index contributed by atoms with van der Waals surface area (Å²) in [6.45, 7) is 0. The van der Waals surface area contributed by atoms with Crippen LogP contribution in [0.3, 0.4) is 0 Å². The van der Waals surface area contributed by atoms with Crippen molar-refractivity contribution in [1.29, 1.82) is 0 Å². The highest BCUT2D eigenvalue weighted by atomic mass is 32.2. The number of anilines is 3. The molecule has 0 saturated carbocycles. The fourth-order valence-corrected chi connectivity index (χ4v) is 2.46. The summed E-state index contributed by atoms with van der Waals surface area (Å²) in [6, 6.07) is 12.1. The van der Waals surface area contributed by atoms with Crippen molar-refractivity contribution >= 4 is 39.1 Å². The van der Waals surface area contributed by atoms with Gasteiger partial charge in [0, 0.05) is 22.6 Å². The number of benzene rings is 2. The predicted octanol–water partition coefficient (Wildman–Crippen LogP) is 2.40. The lowest BCUT2D eigenvalue weighted by atomic mass is 10.2. The third kappa shape index (κ3) is 5.29. The van der Waals surface area contributed by atoms with Crippen LogP contribution >= 0.6 is 0 Å². The summed E-state index contributed by atoms with van der Waals surface area (Å²) in [5, 5.41) is 13.4. The first-order valence-electron chi connectivity index (χ1n) is 6.72. The fourth-order valence-electron chi connectivity index (χ4n) is 1.90. The molecule has 0 aromatic heterocycles. The molecule has 0 aliphatic carbocycles. The molecule has 0 saturated heterocycles. The van der Waals surface area contributed by atoms with Gasteiger partial charge in [-0.1, -0.05) is 6.07 Å². The fraction of sp³-hybridized carbons (Fsp3) is 0.0667. The first kappa shape index (κ1) is 17.3. The maximum absolute atomic E-state index is 12.2. The van der Waals surface area contributed by atoms with Crippen molar-refractivity contribution in [3.05, 3.63) is 54.1 Å². The number of carbonyl (C=O) groups excluding carboxylic acids is 1. The lowest BCUT2D eigenvalue weighted by Gasteiger charge is -2.08. The van der Waals surface area contributed by atoms with Crippen LogP contribution in [0, 0.1) is 0 Å². The molecule has 0 unspecified atom stereocenters. The normalized spacial score (nSPS) is 10.7. The van der Waals surface area contributed by atoms with Crippen LogP contribution < -0.4 is 15.4 Å². The summed E-state index contributed by atoms with van der Waals surface area (Å²) in [5.41, 5.74) is 1.40. The Balaban J connectivity index is 2.09. The molecule has 24 heavy (non-hydrogen) atoms. The third-order valence-electron chi connectivity index (χ3n) is 2.82. The summed E-state index contributed by atoms with van der Waals surface area (Å²) >= 11 is 0. The summed E-state index contributed by atoms with van der Waals surface area (Å²) in [7, 11) is -3.43. The highest BCUT2D eigenvalue weighted by Gasteiger charge is 2.09. The molecule has 2 aromatic rings. The number of nitrogens with one attached hydrogen (secondary N) is 3. The molecule has 2 rings (SSSR count). The second kappa shape index (κ2) is 7.01. The molecule has 0 aliphatic rings. The monoisotopic (exact) mass is 349 g/mol. The van der Waals surface area contributed by atoms with E-state index in [1.54, 1.807) is 24.3 Å². The molecule has 0 fully saturated rings. The van der Waals surface area contributed by atoms with Crippen LogP contribution in [0.15, 0.2) is 48.5 Å². The minimum absolute atomic E-state index is 0.274. The molecule has 0 bridgehead atoms.